The van der Waals surface area contributed by atoms with Crippen LogP contribution in [0.4, 0.5) is 13.2 Å². The van der Waals surface area contributed by atoms with E-state index in [0.717, 1.165) is 0 Å². The molecule has 0 atom stereocenters. The van der Waals surface area contributed by atoms with Crippen LogP contribution in [0.2, 0.25) is 0 Å². The fourth-order valence-electron chi connectivity index (χ4n) is 1.62. The third kappa shape index (κ3) is 4.66. The number of halogens is 3. The van der Waals surface area contributed by atoms with Crippen LogP contribution in [-0.2, 0) is 9.53 Å². The molecule has 0 amide bonds. The van der Waals surface area contributed by atoms with E-state index in [0.29, 0.717) is 26.3 Å². The SMILES string of the molecule is O=C(/C(=C/N1CCOCC1)CCCO)C(F)(F)F. The summed E-state index contributed by atoms with van der Waals surface area (Å²) in [6.07, 6.45) is -3.56. The molecule has 0 aromatic carbocycles. The van der Waals surface area contributed by atoms with Gasteiger partial charge in [-0.05, 0) is 12.8 Å². The highest BCUT2D eigenvalue weighted by molar-refractivity contribution is 5.99. The second-order valence-electron chi connectivity index (χ2n) is 3.96. The lowest BCUT2D eigenvalue weighted by atomic mass is 10.1. The summed E-state index contributed by atoms with van der Waals surface area (Å²) >= 11 is 0. The van der Waals surface area contributed by atoms with E-state index in [2.05, 4.69) is 0 Å². The molecular weight excluding hydrogens is 251 g/mol. The van der Waals surface area contributed by atoms with Gasteiger partial charge in [-0.15, -0.1) is 0 Å². The molecule has 0 aromatic rings. The number of hydrogen-bond donors (Lipinski definition) is 1. The highest BCUT2D eigenvalue weighted by Gasteiger charge is 2.40. The fraction of sp³-hybridized carbons (Fsp3) is 0.727. The number of ether oxygens (including phenoxy) is 1. The van der Waals surface area contributed by atoms with E-state index in [1.54, 1.807) is 4.90 Å². The predicted molar refractivity (Wildman–Crippen MR) is 57.9 cm³/mol. The largest absolute Gasteiger partial charge is 0.454 e. The molecule has 0 radical (unpaired) electrons. The number of allylic oxidation sites excluding steroid dienone is 1. The van der Waals surface area contributed by atoms with E-state index in [1.807, 2.05) is 0 Å². The van der Waals surface area contributed by atoms with E-state index in [1.165, 1.54) is 6.20 Å². The zero-order valence-electron chi connectivity index (χ0n) is 9.87. The first-order valence-electron chi connectivity index (χ1n) is 5.70. The second kappa shape index (κ2) is 6.75. The molecule has 1 rings (SSSR count). The van der Waals surface area contributed by atoms with Crippen LogP contribution < -0.4 is 0 Å². The van der Waals surface area contributed by atoms with Crippen LogP contribution in [0.5, 0.6) is 0 Å². The Balaban J connectivity index is 2.75. The number of aliphatic hydroxyl groups is 1. The monoisotopic (exact) mass is 267 g/mol. The van der Waals surface area contributed by atoms with Gasteiger partial charge in [0.25, 0.3) is 5.78 Å². The van der Waals surface area contributed by atoms with Crippen LogP contribution in [0.1, 0.15) is 12.8 Å². The van der Waals surface area contributed by atoms with Gasteiger partial charge < -0.3 is 14.7 Å². The molecule has 1 N–H and O–H groups in total. The third-order valence-electron chi connectivity index (χ3n) is 2.54. The number of ketones is 1. The first-order chi connectivity index (χ1) is 8.45. The second-order valence-corrected chi connectivity index (χ2v) is 3.96. The summed E-state index contributed by atoms with van der Waals surface area (Å²) in [5.74, 6) is -1.83. The minimum absolute atomic E-state index is 0.0772. The highest BCUT2D eigenvalue weighted by Crippen LogP contribution is 2.23. The van der Waals surface area contributed by atoms with Crippen molar-refractivity contribution in [3.63, 3.8) is 0 Å². The Kier molecular flexibility index (Phi) is 5.61. The van der Waals surface area contributed by atoms with Crippen LogP contribution in [0.15, 0.2) is 11.8 Å². The first-order valence-corrected chi connectivity index (χ1v) is 5.70. The molecule has 4 nitrogen and oxygen atoms in total. The summed E-state index contributed by atoms with van der Waals surface area (Å²) in [6.45, 7) is 1.56. The van der Waals surface area contributed by atoms with Crippen LogP contribution in [0.25, 0.3) is 0 Å². The molecule has 1 fully saturated rings. The first kappa shape index (κ1) is 15.0. The fourth-order valence-corrected chi connectivity index (χ4v) is 1.62. The zero-order valence-corrected chi connectivity index (χ0v) is 9.87. The highest BCUT2D eigenvalue weighted by atomic mass is 19.4. The van der Waals surface area contributed by atoms with Gasteiger partial charge in [0.05, 0.1) is 13.2 Å². The summed E-state index contributed by atoms with van der Waals surface area (Å²) < 4.78 is 42.2. The average Bonchev–Trinajstić information content (AvgIpc) is 2.33. The number of alkyl halides is 3. The van der Waals surface area contributed by atoms with Crippen LogP contribution >= 0.6 is 0 Å². The molecule has 7 heteroatoms. The lowest BCUT2D eigenvalue weighted by Crippen LogP contribution is -2.34. The third-order valence-corrected chi connectivity index (χ3v) is 2.54. The lowest BCUT2D eigenvalue weighted by molar-refractivity contribution is -0.166. The van der Waals surface area contributed by atoms with Crippen LogP contribution in [0.3, 0.4) is 0 Å². The maximum atomic E-state index is 12.4. The topological polar surface area (TPSA) is 49.8 Å². The standard InChI is InChI=1S/C11H16F3NO3/c12-11(13,14)10(17)9(2-1-5-16)8-15-3-6-18-7-4-15/h8,16H,1-7H2/b9-8+. The van der Waals surface area contributed by atoms with E-state index in [-0.39, 0.29) is 25.0 Å². The summed E-state index contributed by atoms with van der Waals surface area (Å²) in [5, 5.41) is 8.65. The molecule has 1 aliphatic rings. The van der Waals surface area contributed by atoms with Gasteiger partial charge in [-0.2, -0.15) is 13.2 Å². The molecule has 0 aliphatic carbocycles. The molecular formula is C11H16F3NO3. The van der Waals surface area contributed by atoms with Gasteiger partial charge in [-0.25, -0.2) is 0 Å². The number of aliphatic hydroxyl groups excluding tert-OH is 1. The van der Waals surface area contributed by atoms with E-state index in [4.69, 9.17) is 9.84 Å². The molecule has 104 valence electrons. The van der Waals surface area contributed by atoms with Gasteiger partial charge in [-0.1, -0.05) is 0 Å². The Bertz CT molecular complexity index is 309. The van der Waals surface area contributed by atoms with Gasteiger partial charge in [-0.3, -0.25) is 4.79 Å². The van der Waals surface area contributed by atoms with Crippen LogP contribution in [-0.4, -0.2) is 54.9 Å². The van der Waals surface area contributed by atoms with Crippen molar-refractivity contribution in [1.29, 1.82) is 0 Å². The smallest absolute Gasteiger partial charge is 0.396 e. The molecule has 0 spiro atoms. The Hall–Kier alpha value is -1.08. The number of hydrogen-bond acceptors (Lipinski definition) is 4. The summed E-state index contributed by atoms with van der Waals surface area (Å²) in [7, 11) is 0. The molecule has 1 heterocycles. The normalized spacial score (nSPS) is 18.0. The summed E-state index contributed by atoms with van der Waals surface area (Å²) in [5.41, 5.74) is -0.307. The lowest BCUT2D eigenvalue weighted by Gasteiger charge is -2.26. The number of rotatable bonds is 5. The molecule has 0 unspecified atom stereocenters. The Morgan fingerprint density at radius 2 is 1.94 bits per heavy atom. The number of morpholine rings is 1. The van der Waals surface area contributed by atoms with Crippen molar-refractivity contribution in [2.45, 2.75) is 19.0 Å². The molecule has 1 saturated heterocycles. The van der Waals surface area contributed by atoms with Crippen molar-refractivity contribution < 1.29 is 27.8 Å². The molecule has 0 bridgehead atoms. The van der Waals surface area contributed by atoms with Crippen molar-refractivity contribution in [1.82, 2.24) is 4.90 Å². The van der Waals surface area contributed by atoms with Crippen LogP contribution in [0, 0.1) is 0 Å². The van der Waals surface area contributed by atoms with Gasteiger partial charge in [0.15, 0.2) is 0 Å². The Morgan fingerprint density at radius 3 is 2.44 bits per heavy atom. The molecule has 18 heavy (non-hydrogen) atoms. The number of nitrogens with zero attached hydrogens (tertiary/aromatic N) is 1. The van der Waals surface area contributed by atoms with Gasteiger partial charge in [0, 0.05) is 31.5 Å². The molecule has 0 saturated carbocycles. The summed E-state index contributed by atoms with van der Waals surface area (Å²) in [6, 6.07) is 0. The van der Waals surface area contributed by atoms with Crippen molar-refractivity contribution in [3.8, 4) is 0 Å². The number of carbonyl (C=O) groups excluding carboxylic acids is 1. The number of carbonyl (C=O) groups is 1. The summed E-state index contributed by atoms with van der Waals surface area (Å²) in [4.78, 5) is 12.9. The molecule has 0 aromatic heterocycles. The zero-order chi connectivity index (χ0) is 13.6. The predicted octanol–water partition coefficient (Wildman–Crippen LogP) is 1.11. The minimum atomic E-state index is -4.87. The van der Waals surface area contributed by atoms with Gasteiger partial charge >= 0.3 is 6.18 Å². The van der Waals surface area contributed by atoms with E-state index < -0.39 is 12.0 Å². The van der Waals surface area contributed by atoms with Crippen molar-refractivity contribution in [2.75, 3.05) is 32.9 Å². The maximum Gasteiger partial charge on any atom is 0.454 e. The Morgan fingerprint density at radius 1 is 1.33 bits per heavy atom. The van der Waals surface area contributed by atoms with Crippen molar-refractivity contribution in [3.05, 3.63) is 11.8 Å². The van der Waals surface area contributed by atoms with Gasteiger partial charge in [0.1, 0.15) is 0 Å². The van der Waals surface area contributed by atoms with E-state index >= 15 is 0 Å². The average molecular weight is 267 g/mol. The van der Waals surface area contributed by atoms with Gasteiger partial charge in [0.2, 0.25) is 0 Å². The molecule has 1 aliphatic heterocycles. The van der Waals surface area contributed by atoms with E-state index in [9.17, 15) is 18.0 Å². The van der Waals surface area contributed by atoms with Crippen molar-refractivity contribution in [2.24, 2.45) is 0 Å². The quantitative estimate of drug-likeness (QED) is 0.758. The van der Waals surface area contributed by atoms with Crippen molar-refractivity contribution >= 4 is 5.78 Å². The maximum absolute atomic E-state index is 12.4. The number of Topliss-reactive ketones (excluding diaryl/α,β-unsaturated/α-hetero) is 1. The minimum Gasteiger partial charge on any atom is -0.396 e. The Labute approximate surface area is 103 Å².